The number of fused-ring (bicyclic) bond motifs is 2. The molecule has 2 aromatic heterocycles. The van der Waals surface area contributed by atoms with Crippen molar-refractivity contribution in [3.8, 4) is 17.2 Å². The van der Waals surface area contributed by atoms with Crippen LogP contribution in [-0.4, -0.2) is 34.2 Å². The molecular formula is C23H18N4O2S. The Hall–Kier alpha value is -3.58. The molecule has 0 bridgehead atoms. The van der Waals surface area contributed by atoms with Gasteiger partial charge in [-0.05, 0) is 47.5 Å². The molecule has 0 aliphatic rings. The Labute approximate surface area is 173 Å². The van der Waals surface area contributed by atoms with Gasteiger partial charge in [0.2, 0.25) is 15.0 Å². The first kappa shape index (κ1) is 18.4. The fraction of sp³-hybridized carbons (Fsp3) is 0.0870. The average molecular weight is 414 g/mol. The highest BCUT2D eigenvalue weighted by atomic mass is 32.2. The Kier molecular flexibility index (Phi) is 4.15. The fourth-order valence-corrected chi connectivity index (χ4v) is 4.09. The summed E-state index contributed by atoms with van der Waals surface area (Å²) in [5.74, 6) is 1.15. The third-order valence-corrected chi connectivity index (χ3v) is 5.86. The molecule has 0 radical (unpaired) electrons. The van der Waals surface area contributed by atoms with Crippen molar-refractivity contribution in [2.45, 2.75) is 12.1 Å². The first-order chi connectivity index (χ1) is 14.4. The topological polar surface area (TPSA) is 77.7 Å². The van der Waals surface area contributed by atoms with E-state index in [1.807, 2.05) is 47.9 Å². The van der Waals surface area contributed by atoms with Crippen molar-refractivity contribution in [3.05, 3.63) is 78.5 Å². The lowest BCUT2D eigenvalue weighted by molar-refractivity contribution is 0.592. The Bertz CT molecular complexity index is 1540. The number of sulfone groups is 1. The highest BCUT2D eigenvalue weighted by molar-refractivity contribution is 7.90. The highest BCUT2D eigenvalue weighted by Gasteiger charge is 2.18. The van der Waals surface area contributed by atoms with Crippen LogP contribution in [0.3, 0.4) is 0 Å². The van der Waals surface area contributed by atoms with E-state index in [1.165, 1.54) is 6.20 Å². The quantitative estimate of drug-likeness (QED) is 0.410. The van der Waals surface area contributed by atoms with E-state index >= 15 is 0 Å². The van der Waals surface area contributed by atoms with Gasteiger partial charge in [-0.15, -0.1) is 0 Å². The molecule has 0 spiro atoms. The van der Waals surface area contributed by atoms with Crippen LogP contribution in [0, 0.1) is 6.92 Å². The van der Waals surface area contributed by atoms with E-state index in [2.05, 4.69) is 34.2 Å². The molecule has 0 saturated heterocycles. The molecule has 2 heterocycles. The molecule has 0 atom stereocenters. The fourth-order valence-electron chi connectivity index (χ4n) is 3.57. The predicted molar refractivity (Wildman–Crippen MR) is 117 cm³/mol. The van der Waals surface area contributed by atoms with Gasteiger partial charge in [-0.25, -0.2) is 23.4 Å². The van der Waals surface area contributed by atoms with E-state index in [1.54, 1.807) is 6.07 Å². The molecular weight excluding hydrogens is 396 g/mol. The van der Waals surface area contributed by atoms with Crippen molar-refractivity contribution >= 4 is 31.6 Å². The lowest BCUT2D eigenvalue weighted by Crippen LogP contribution is -2.08. The Morgan fingerprint density at radius 2 is 1.67 bits per heavy atom. The van der Waals surface area contributed by atoms with Crippen molar-refractivity contribution in [2.24, 2.45) is 0 Å². The van der Waals surface area contributed by atoms with Crippen molar-refractivity contribution in [3.63, 3.8) is 0 Å². The maximum absolute atomic E-state index is 12.0. The first-order valence-electron chi connectivity index (χ1n) is 9.42. The van der Waals surface area contributed by atoms with Crippen LogP contribution in [0.4, 0.5) is 0 Å². The zero-order valence-corrected chi connectivity index (χ0v) is 17.3. The van der Waals surface area contributed by atoms with Crippen LogP contribution in [0.5, 0.6) is 0 Å². The molecule has 0 amide bonds. The van der Waals surface area contributed by atoms with Crippen molar-refractivity contribution in [2.75, 3.05) is 6.26 Å². The summed E-state index contributed by atoms with van der Waals surface area (Å²) < 4.78 is 25.9. The number of hydrogen-bond acceptors (Lipinski definition) is 5. The van der Waals surface area contributed by atoms with Gasteiger partial charge in [-0.3, -0.25) is 4.57 Å². The molecule has 0 fully saturated rings. The van der Waals surface area contributed by atoms with Crippen LogP contribution >= 0.6 is 0 Å². The second-order valence-corrected chi connectivity index (χ2v) is 9.20. The summed E-state index contributed by atoms with van der Waals surface area (Å²) in [6.45, 7) is 2.01. The zero-order valence-electron chi connectivity index (χ0n) is 16.4. The minimum absolute atomic E-state index is 0.209. The van der Waals surface area contributed by atoms with Crippen LogP contribution in [-0.2, 0) is 9.84 Å². The second-order valence-electron chi connectivity index (χ2n) is 7.29. The predicted octanol–water partition coefficient (Wildman–Crippen LogP) is 4.35. The molecule has 0 aliphatic heterocycles. The average Bonchev–Trinajstić information content (AvgIpc) is 3.11. The van der Waals surface area contributed by atoms with Crippen LogP contribution < -0.4 is 0 Å². The number of benzene rings is 3. The summed E-state index contributed by atoms with van der Waals surface area (Å²) >= 11 is 0. The molecule has 0 unspecified atom stereocenters. The Balaban J connectivity index is 1.83. The van der Waals surface area contributed by atoms with E-state index < -0.39 is 9.84 Å². The van der Waals surface area contributed by atoms with E-state index in [-0.39, 0.29) is 5.16 Å². The van der Waals surface area contributed by atoms with Gasteiger partial charge < -0.3 is 0 Å². The van der Waals surface area contributed by atoms with Gasteiger partial charge in [0.05, 0.1) is 11.0 Å². The lowest BCUT2D eigenvalue weighted by atomic mass is 10.1. The summed E-state index contributed by atoms with van der Waals surface area (Å²) in [6.07, 6.45) is 2.57. The number of rotatable bonds is 3. The molecule has 6 nitrogen and oxygen atoms in total. The van der Waals surface area contributed by atoms with Gasteiger partial charge in [0, 0.05) is 18.0 Å². The maximum Gasteiger partial charge on any atom is 0.248 e. The van der Waals surface area contributed by atoms with Gasteiger partial charge in [0.15, 0.2) is 0 Å². The Morgan fingerprint density at radius 3 is 2.47 bits per heavy atom. The van der Waals surface area contributed by atoms with Gasteiger partial charge in [-0.2, -0.15) is 0 Å². The molecule has 30 heavy (non-hydrogen) atoms. The van der Waals surface area contributed by atoms with Gasteiger partial charge >= 0.3 is 0 Å². The molecule has 148 valence electrons. The lowest BCUT2D eigenvalue weighted by Gasteiger charge is -2.10. The van der Waals surface area contributed by atoms with Gasteiger partial charge in [-0.1, -0.05) is 42.5 Å². The van der Waals surface area contributed by atoms with Crippen molar-refractivity contribution < 1.29 is 8.42 Å². The smallest absolute Gasteiger partial charge is 0.248 e. The largest absolute Gasteiger partial charge is 0.276 e. The molecule has 0 saturated carbocycles. The zero-order chi connectivity index (χ0) is 20.9. The van der Waals surface area contributed by atoms with Gasteiger partial charge in [0.1, 0.15) is 11.6 Å². The SMILES string of the molecule is Cc1ccc2nc(-c3ccc4ccccc4c3)n(-c3ccnc(S(C)(=O)=O)n3)c2c1. The summed E-state index contributed by atoms with van der Waals surface area (Å²) in [5, 5.41) is 2.03. The van der Waals surface area contributed by atoms with Crippen LogP contribution in [0.15, 0.2) is 78.1 Å². The maximum atomic E-state index is 12.0. The summed E-state index contributed by atoms with van der Waals surface area (Å²) in [7, 11) is -3.54. The summed E-state index contributed by atoms with van der Waals surface area (Å²) in [5.41, 5.74) is 3.66. The minimum atomic E-state index is -3.54. The molecule has 5 rings (SSSR count). The number of hydrogen-bond donors (Lipinski definition) is 0. The number of nitrogens with zero attached hydrogens (tertiary/aromatic N) is 4. The monoisotopic (exact) mass is 414 g/mol. The highest BCUT2D eigenvalue weighted by Crippen LogP contribution is 2.30. The first-order valence-corrected chi connectivity index (χ1v) is 11.3. The number of aryl methyl sites for hydroxylation is 1. The standard InChI is InChI=1S/C23H18N4O2S/c1-15-7-10-19-20(13-15)27(21-11-12-24-23(26-21)30(2,28)29)22(25-19)18-9-8-16-5-3-4-6-17(16)14-18/h3-14H,1-2H3. The van der Waals surface area contributed by atoms with E-state index in [9.17, 15) is 8.42 Å². The molecule has 5 aromatic rings. The van der Waals surface area contributed by atoms with Gasteiger partial charge in [0.25, 0.3) is 0 Å². The van der Waals surface area contributed by atoms with Crippen molar-refractivity contribution in [1.29, 1.82) is 0 Å². The molecule has 0 aliphatic carbocycles. The minimum Gasteiger partial charge on any atom is -0.276 e. The van der Waals surface area contributed by atoms with E-state index in [0.29, 0.717) is 11.6 Å². The molecule has 3 aromatic carbocycles. The van der Waals surface area contributed by atoms with E-state index in [0.717, 1.165) is 39.2 Å². The number of imidazole rings is 1. The summed E-state index contributed by atoms with van der Waals surface area (Å²) in [6, 6.07) is 22.0. The third kappa shape index (κ3) is 3.13. The third-order valence-electron chi connectivity index (χ3n) is 5.00. The normalized spacial score (nSPS) is 11.9. The van der Waals surface area contributed by atoms with Crippen LogP contribution in [0.1, 0.15) is 5.56 Å². The molecule has 7 heteroatoms. The van der Waals surface area contributed by atoms with Crippen LogP contribution in [0.25, 0.3) is 39.0 Å². The summed E-state index contributed by atoms with van der Waals surface area (Å²) in [4.78, 5) is 13.1. The number of aromatic nitrogens is 4. The van der Waals surface area contributed by atoms with Crippen molar-refractivity contribution in [1.82, 2.24) is 19.5 Å². The van der Waals surface area contributed by atoms with Crippen LogP contribution in [0.2, 0.25) is 0 Å². The second kappa shape index (κ2) is 6.74. The molecule has 0 N–H and O–H groups in total. The Morgan fingerprint density at radius 1 is 0.867 bits per heavy atom. The van der Waals surface area contributed by atoms with E-state index in [4.69, 9.17) is 4.98 Å².